The van der Waals surface area contributed by atoms with E-state index in [4.69, 9.17) is 4.74 Å². The molecule has 0 radical (unpaired) electrons. The molecule has 2 rings (SSSR count). The second-order valence-corrected chi connectivity index (χ2v) is 5.78. The smallest absolute Gasteiger partial charge is 0.160 e. The summed E-state index contributed by atoms with van der Waals surface area (Å²) in [6.45, 7) is 8.80. The second-order valence-electron chi connectivity index (χ2n) is 5.78. The van der Waals surface area contributed by atoms with Crippen LogP contribution in [0.4, 0.5) is 0 Å². The maximum absolute atomic E-state index is 5.50. The van der Waals surface area contributed by atoms with Crippen molar-refractivity contribution in [2.45, 2.75) is 52.0 Å². The zero-order valence-electron chi connectivity index (χ0n) is 12.6. The molecule has 1 aliphatic carbocycles. The van der Waals surface area contributed by atoms with Crippen molar-refractivity contribution in [1.82, 2.24) is 15.1 Å². The van der Waals surface area contributed by atoms with Crippen LogP contribution in [0, 0.1) is 5.92 Å². The molecule has 4 heteroatoms. The van der Waals surface area contributed by atoms with Gasteiger partial charge in [-0.1, -0.05) is 6.92 Å². The Labute approximate surface area is 116 Å². The van der Waals surface area contributed by atoms with Crippen molar-refractivity contribution >= 4 is 0 Å². The van der Waals surface area contributed by atoms with E-state index >= 15 is 0 Å². The molecule has 4 nitrogen and oxygen atoms in total. The van der Waals surface area contributed by atoms with Crippen molar-refractivity contribution in [2.75, 3.05) is 20.2 Å². The van der Waals surface area contributed by atoms with E-state index in [1.165, 1.54) is 25.0 Å². The van der Waals surface area contributed by atoms with Crippen molar-refractivity contribution in [3.8, 4) is 5.75 Å². The summed E-state index contributed by atoms with van der Waals surface area (Å²) in [5, 5.41) is 8.04. The Kier molecular flexibility index (Phi) is 4.86. The molecule has 1 aromatic heterocycles. The molecule has 1 aromatic rings. The highest BCUT2D eigenvalue weighted by molar-refractivity contribution is 5.31. The first-order valence-corrected chi connectivity index (χ1v) is 7.51. The highest BCUT2D eigenvalue weighted by Gasteiger charge is 2.36. The molecule has 108 valence electrons. The van der Waals surface area contributed by atoms with E-state index in [9.17, 15) is 0 Å². The van der Waals surface area contributed by atoms with Gasteiger partial charge < -0.3 is 10.1 Å². The molecular formula is C15H27N3O. The summed E-state index contributed by atoms with van der Waals surface area (Å²) in [6, 6.07) is 0.392. The van der Waals surface area contributed by atoms with Crippen LogP contribution >= 0.6 is 0 Å². The zero-order valence-corrected chi connectivity index (χ0v) is 12.6. The van der Waals surface area contributed by atoms with Crippen molar-refractivity contribution in [3.63, 3.8) is 0 Å². The summed E-state index contributed by atoms with van der Waals surface area (Å²) in [5.74, 6) is 2.29. The Hall–Kier alpha value is -1.03. The van der Waals surface area contributed by atoms with Crippen molar-refractivity contribution < 1.29 is 4.74 Å². The Morgan fingerprint density at radius 1 is 1.47 bits per heavy atom. The third-order valence-corrected chi connectivity index (χ3v) is 4.11. The molecule has 2 unspecified atom stereocenters. The standard InChI is InChI=1S/C15H27N3O/c1-5-8-16-9-12-6-7-13(12)15-14(19-4)10-17-18(15)11(2)3/h10-13,16H,5-9H2,1-4H3. The van der Waals surface area contributed by atoms with Crippen LogP contribution in [0.15, 0.2) is 6.20 Å². The molecule has 0 spiro atoms. The van der Waals surface area contributed by atoms with Crippen LogP contribution < -0.4 is 10.1 Å². The quantitative estimate of drug-likeness (QED) is 0.770. The number of aromatic nitrogens is 2. The number of rotatable bonds is 7. The van der Waals surface area contributed by atoms with E-state index in [1.54, 1.807) is 7.11 Å². The van der Waals surface area contributed by atoms with Gasteiger partial charge in [-0.25, -0.2) is 0 Å². The number of methoxy groups -OCH3 is 1. The molecule has 0 amide bonds. The Morgan fingerprint density at radius 3 is 2.79 bits per heavy atom. The predicted octanol–water partition coefficient (Wildman–Crippen LogP) is 2.97. The van der Waals surface area contributed by atoms with E-state index in [0.717, 1.165) is 24.8 Å². The lowest BCUT2D eigenvalue weighted by molar-refractivity contribution is 0.225. The minimum Gasteiger partial charge on any atom is -0.493 e. The summed E-state index contributed by atoms with van der Waals surface area (Å²) in [6.07, 6.45) is 5.63. The summed E-state index contributed by atoms with van der Waals surface area (Å²) in [4.78, 5) is 0. The van der Waals surface area contributed by atoms with Crippen LogP contribution in [0.3, 0.4) is 0 Å². The molecule has 0 aromatic carbocycles. The molecule has 1 saturated carbocycles. The van der Waals surface area contributed by atoms with Crippen LogP contribution in [0.2, 0.25) is 0 Å². The second kappa shape index (κ2) is 6.42. The summed E-state index contributed by atoms with van der Waals surface area (Å²) in [5.41, 5.74) is 1.30. The van der Waals surface area contributed by atoms with Gasteiger partial charge in [0.05, 0.1) is 19.0 Å². The van der Waals surface area contributed by atoms with Gasteiger partial charge in [0.25, 0.3) is 0 Å². The highest BCUT2D eigenvalue weighted by atomic mass is 16.5. The normalized spacial score (nSPS) is 22.6. The molecule has 2 atom stereocenters. The first-order chi connectivity index (χ1) is 9.19. The molecule has 0 bridgehead atoms. The van der Waals surface area contributed by atoms with Crippen molar-refractivity contribution in [3.05, 3.63) is 11.9 Å². The van der Waals surface area contributed by atoms with Gasteiger partial charge in [-0.3, -0.25) is 4.68 Å². The van der Waals surface area contributed by atoms with Crippen LogP contribution in [-0.2, 0) is 0 Å². The van der Waals surface area contributed by atoms with Gasteiger partial charge in [0.15, 0.2) is 5.75 Å². The maximum Gasteiger partial charge on any atom is 0.160 e. The average Bonchev–Trinajstić information content (AvgIpc) is 2.77. The van der Waals surface area contributed by atoms with Gasteiger partial charge in [-0.15, -0.1) is 0 Å². The fourth-order valence-corrected chi connectivity index (χ4v) is 2.91. The van der Waals surface area contributed by atoms with Crippen LogP contribution in [0.1, 0.15) is 57.7 Å². The fraction of sp³-hybridized carbons (Fsp3) is 0.800. The number of nitrogens with zero attached hydrogens (tertiary/aromatic N) is 2. The lowest BCUT2D eigenvalue weighted by Gasteiger charge is -2.38. The number of hydrogen-bond donors (Lipinski definition) is 1. The number of ether oxygens (including phenoxy) is 1. The van der Waals surface area contributed by atoms with Crippen LogP contribution in [-0.4, -0.2) is 30.0 Å². The zero-order chi connectivity index (χ0) is 13.8. The third-order valence-electron chi connectivity index (χ3n) is 4.11. The third kappa shape index (κ3) is 2.94. The maximum atomic E-state index is 5.50. The van der Waals surface area contributed by atoms with Gasteiger partial charge in [0.1, 0.15) is 0 Å². The van der Waals surface area contributed by atoms with E-state index in [1.807, 2.05) is 6.20 Å². The first kappa shape index (κ1) is 14.4. The molecular weight excluding hydrogens is 238 g/mol. The van der Waals surface area contributed by atoms with Gasteiger partial charge in [-0.05, 0) is 52.1 Å². The topological polar surface area (TPSA) is 39.1 Å². The monoisotopic (exact) mass is 265 g/mol. The SMILES string of the molecule is CCCNCC1CCC1c1c(OC)cnn1C(C)C. The van der Waals surface area contributed by atoms with Crippen LogP contribution in [0.5, 0.6) is 5.75 Å². The number of hydrogen-bond acceptors (Lipinski definition) is 3. The van der Waals surface area contributed by atoms with E-state index < -0.39 is 0 Å². The largest absolute Gasteiger partial charge is 0.493 e. The Balaban J connectivity index is 2.10. The van der Waals surface area contributed by atoms with Crippen molar-refractivity contribution in [2.24, 2.45) is 5.92 Å². The molecule has 1 heterocycles. The summed E-state index contributed by atoms with van der Waals surface area (Å²) < 4.78 is 7.64. The molecule has 0 saturated heterocycles. The van der Waals surface area contributed by atoms with Gasteiger partial charge in [0.2, 0.25) is 0 Å². The van der Waals surface area contributed by atoms with Gasteiger partial charge in [-0.2, -0.15) is 5.10 Å². The molecule has 19 heavy (non-hydrogen) atoms. The minimum absolute atomic E-state index is 0.392. The molecule has 1 N–H and O–H groups in total. The van der Waals surface area contributed by atoms with E-state index in [2.05, 4.69) is 35.9 Å². The first-order valence-electron chi connectivity index (χ1n) is 7.51. The van der Waals surface area contributed by atoms with E-state index in [-0.39, 0.29) is 0 Å². The average molecular weight is 265 g/mol. The van der Waals surface area contributed by atoms with Crippen LogP contribution in [0.25, 0.3) is 0 Å². The molecule has 0 aliphatic heterocycles. The van der Waals surface area contributed by atoms with Gasteiger partial charge >= 0.3 is 0 Å². The summed E-state index contributed by atoms with van der Waals surface area (Å²) in [7, 11) is 1.74. The van der Waals surface area contributed by atoms with Gasteiger partial charge in [0, 0.05) is 12.0 Å². The Morgan fingerprint density at radius 2 is 2.26 bits per heavy atom. The lowest BCUT2D eigenvalue weighted by atomic mass is 9.71. The molecule has 1 aliphatic rings. The highest BCUT2D eigenvalue weighted by Crippen LogP contribution is 2.45. The van der Waals surface area contributed by atoms with Crippen molar-refractivity contribution in [1.29, 1.82) is 0 Å². The summed E-state index contributed by atoms with van der Waals surface area (Å²) >= 11 is 0. The Bertz CT molecular complexity index is 400. The minimum atomic E-state index is 0.392. The van der Waals surface area contributed by atoms with E-state index in [0.29, 0.717) is 12.0 Å². The predicted molar refractivity (Wildman–Crippen MR) is 77.8 cm³/mol. The molecule has 1 fully saturated rings. The fourth-order valence-electron chi connectivity index (χ4n) is 2.91. The number of nitrogens with one attached hydrogen (secondary N) is 1. The lowest BCUT2D eigenvalue weighted by Crippen LogP contribution is -2.35.